The van der Waals surface area contributed by atoms with Gasteiger partial charge >= 0.3 is 0 Å². The Balaban J connectivity index is 1.86. The minimum absolute atomic E-state index is 0.0496. The number of hydrogen-bond donors (Lipinski definition) is 2. The number of rotatable bonds is 4. The maximum absolute atomic E-state index is 11.1. The van der Waals surface area contributed by atoms with Crippen LogP contribution < -0.4 is 10.2 Å². The van der Waals surface area contributed by atoms with Crippen molar-refractivity contribution in [3.63, 3.8) is 0 Å². The fourth-order valence-corrected chi connectivity index (χ4v) is 3.46. The highest BCUT2D eigenvalue weighted by molar-refractivity contribution is 5.56. The highest BCUT2D eigenvalue weighted by Gasteiger charge is 2.42. The molecule has 1 aromatic heterocycles. The van der Waals surface area contributed by atoms with E-state index in [4.69, 9.17) is 0 Å². The van der Waals surface area contributed by atoms with Gasteiger partial charge in [0.1, 0.15) is 11.6 Å². The highest BCUT2D eigenvalue weighted by atomic mass is 16.6. The van der Waals surface area contributed by atoms with E-state index >= 15 is 0 Å². The second-order valence-corrected chi connectivity index (χ2v) is 5.83. The Bertz CT molecular complexity index is 551. The molecule has 0 radical (unpaired) electrons. The first kappa shape index (κ1) is 14.1. The minimum atomic E-state index is -0.391. The summed E-state index contributed by atoms with van der Waals surface area (Å²) in [6.45, 7) is 4.14. The van der Waals surface area contributed by atoms with E-state index in [1.807, 2.05) is 6.92 Å². The topological polar surface area (TPSA) is 91.5 Å². The summed E-state index contributed by atoms with van der Waals surface area (Å²) < 4.78 is 0. The predicted molar refractivity (Wildman–Crippen MR) is 79.5 cm³/mol. The van der Waals surface area contributed by atoms with Crippen LogP contribution in [0.25, 0.3) is 0 Å². The molecule has 114 valence electrons. The second-order valence-electron chi connectivity index (χ2n) is 5.83. The van der Waals surface area contributed by atoms with Gasteiger partial charge in [-0.2, -0.15) is 0 Å². The average molecular weight is 292 g/mol. The van der Waals surface area contributed by atoms with Gasteiger partial charge in [0.05, 0.1) is 23.2 Å². The van der Waals surface area contributed by atoms with E-state index in [2.05, 4.69) is 15.2 Å². The third kappa shape index (κ3) is 2.65. The molecule has 2 aliphatic rings. The molecule has 7 nitrogen and oxygen atoms in total. The van der Waals surface area contributed by atoms with E-state index in [1.54, 1.807) is 0 Å². The molecule has 0 aromatic carbocycles. The largest absolute Gasteiger partial charge is 0.393 e. The molecule has 1 aliphatic heterocycles. The summed E-state index contributed by atoms with van der Waals surface area (Å²) in [5.74, 6) is 1.90. The first-order chi connectivity index (χ1) is 10.1. The Morgan fingerprint density at radius 2 is 2.29 bits per heavy atom. The number of fused-ring (bicyclic) bond motifs is 1. The van der Waals surface area contributed by atoms with Crippen LogP contribution in [0.2, 0.25) is 0 Å². The van der Waals surface area contributed by atoms with Crippen LogP contribution >= 0.6 is 0 Å². The molecule has 2 heterocycles. The molecule has 2 N–H and O–H groups in total. The normalized spacial score (nSPS) is 27.7. The molecule has 2 fully saturated rings. The minimum Gasteiger partial charge on any atom is -0.393 e. The number of hydrogen-bond acceptors (Lipinski definition) is 6. The Morgan fingerprint density at radius 3 is 2.95 bits per heavy atom. The van der Waals surface area contributed by atoms with Gasteiger partial charge in [-0.15, -0.1) is 0 Å². The number of aromatic nitrogens is 1. The summed E-state index contributed by atoms with van der Waals surface area (Å²) in [7, 11) is 0. The van der Waals surface area contributed by atoms with E-state index in [0.717, 1.165) is 25.9 Å². The van der Waals surface area contributed by atoms with Crippen molar-refractivity contribution in [3.8, 4) is 0 Å². The summed E-state index contributed by atoms with van der Waals surface area (Å²) >= 11 is 0. The average Bonchev–Trinajstić information content (AvgIpc) is 3.01. The summed E-state index contributed by atoms with van der Waals surface area (Å²) in [5, 5.41) is 24.1. The first-order valence-corrected chi connectivity index (χ1v) is 7.42. The van der Waals surface area contributed by atoms with Crippen LogP contribution in [0, 0.1) is 22.0 Å². The lowest BCUT2D eigenvalue weighted by Gasteiger charge is -2.20. The smallest absolute Gasteiger partial charge is 0.276 e. The summed E-state index contributed by atoms with van der Waals surface area (Å²) in [6.07, 6.45) is 1.65. The molecule has 0 amide bonds. The maximum atomic E-state index is 11.1. The number of nitrogens with one attached hydrogen (secondary N) is 1. The molecular weight excluding hydrogens is 272 g/mol. The van der Waals surface area contributed by atoms with Crippen molar-refractivity contribution in [1.29, 1.82) is 0 Å². The van der Waals surface area contributed by atoms with Crippen molar-refractivity contribution < 1.29 is 10.0 Å². The monoisotopic (exact) mass is 292 g/mol. The Hall–Kier alpha value is -1.89. The standard InChI is InChI=1S/C14H20N4O3/c1-2-15-13-5-10(18(20)21)6-14(16-13)17-7-9-3-4-12(19)11(9)8-17/h5-6,9,11-12,19H,2-4,7-8H2,1H3,(H,15,16). The van der Waals surface area contributed by atoms with E-state index in [-0.39, 0.29) is 17.7 Å². The fraction of sp³-hybridized carbons (Fsp3) is 0.643. The molecule has 1 aliphatic carbocycles. The lowest BCUT2D eigenvalue weighted by atomic mass is 10.00. The van der Waals surface area contributed by atoms with Crippen LogP contribution in [-0.4, -0.2) is 40.8 Å². The van der Waals surface area contributed by atoms with Gasteiger partial charge in [0.2, 0.25) is 0 Å². The van der Waals surface area contributed by atoms with Crippen molar-refractivity contribution >= 4 is 17.3 Å². The van der Waals surface area contributed by atoms with E-state index in [0.29, 0.717) is 24.1 Å². The highest BCUT2D eigenvalue weighted by Crippen LogP contribution is 2.40. The molecule has 1 aromatic rings. The Kier molecular flexibility index (Phi) is 3.67. The number of anilines is 2. The third-order valence-electron chi connectivity index (χ3n) is 4.51. The molecule has 0 spiro atoms. The Labute approximate surface area is 123 Å². The van der Waals surface area contributed by atoms with E-state index < -0.39 is 4.92 Å². The van der Waals surface area contributed by atoms with Gasteiger partial charge in [-0.05, 0) is 25.7 Å². The van der Waals surface area contributed by atoms with Crippen LogP contribution in [0.1, 0.15) is 19.8 Å². The van der Waals surface area contributed by atoms with Gasteiger partial charge in [0.15, 0.2) is 0 Å². The first-order valence-electron chi connectivity index (χ1n) is 7.42. The van der Waals surface area contributed by atoms with Gasteiger partial charge in [-0.25, -0.2) is 4.98 Å². The number of aliphatic hydroxyl groups is 1. The lowest BCUT2D eigenvalue weighted by molar-refractivity contribution is -0.384. The molecule has 3 unspecified atom stereocenters. The number of aliphatic hydroxyl groups excluding tert-OH is 1. The number of pyridine rings is 1. The van der Waals surface area contributed by atoms with Crippen molar-refractivity contribution in [2.24, 2.45) is 11.8 Å². The SMILES string of the molecule is CCNc1cc([N+](=O)[O-])cc(N2CC3CCC(O)C3C2)n1. The van der Waals surface area contributed by atoms with E-state index in [9.17, 15) is 15.2 Å². The van der Waals surface area contributed by atoms with Crippen molar-refractivity contribution in [2.45, 2.75) is 25.9 Å². The molecule has 21 heavy (non-hydrogen) atoms. The Morgan fingerprint density at radius 1 is 1.48 bits per heavy atom. The summed E-state index contributed by atoms with van der Waals surface area (Å²) in [4.78, 5) is 17.2. The van der Waals surface area contributed by atoms with Crippen molar-refractivity contribution in [2.75, 3.05) is 29.9 Å². The molecule has 0 bridgehead atoms. The zero-order valence-corrected chi connectivity index (χ0v) is 12.0. The van der Waals surface area contributed by atoms with Crippen molar-refractivity contribution in [3.05, 3.63) is 22.2 Å². The zero-order chi connectivity index (χ0) is 15.0. The maximum Gasteiger partial charge on any atom is 0.276 e. The molecule has 3 rings (SSSR count). The van der Waals surface area contributed by atoms with Crippen LogP contribution in [-0.2, 0) is 0 Å². The van der Waals surface area contributed by atoms with Gasteiger partial charge in [0, 0.05) is 25.6 Å². The quantitative estimate of drug-likeness (QED) is 0.647. The van der Waals surface area contributed by atoms with Gasteiger partial charge in [-0.3, -0.25) is 10.1 Å². The lowest BCUT2D eigenvalue weighted by Crippen LogP contribution is -2.25. The molecule has 7 heteroatoms. The van der Waals surface area contributed by atoms with Crippen molar-refractivity contribution in [1.82, 2.24) is 4.98 Å². The van der Waals surface area contributed by atoms with Gasteiger partial charge < -0.3 is 15.3 Å². The molecule has 3 atom stereocenters. The fourth-order valence-electron chi connectivity index (χ4n) is 3.46. The second kappa shape index (κ2) is 5.48. The van der Waals surface area contributed by atoms with Crippen LogP contribution in [0.5, 0.6) is 0 Å². The summed E-state index contributed by atoms with van der Waals surface area (Å²) in [6, 6.07) is 2.98. The van der Waals surface area contributed by atoms with Gasteiger partial charge in [-0.1, -0.05) is 0 Å². The van der Waals surface area contributed by atoms with Crippen LogP contribution in [0.15, 0.2) is 12.1 Å². The third-order valence-corrected chi connectivity index (χ3v) is 4.51. The van der Waals surface area contributed by atoms with Crippen LogP contribution in [0.4, 0.5) is 17.3 Å². The van der Waals surface area contributed by atoms with Gasteiger partial charge in [0.25, 0.3) is 5.69 Å². The molecular formula is C14H20N4O3. The van der Waals surface area contributed by atoms with E-state index in [1.165, 1.54) is 12.1 Å². The predicted octanol–water partition coefficient (Wildman–Crippen LogP) is 1.63. The summed E-state index contributed by atoms with van der Waals surface area (Å²) in [5.41, 5.74) is 0.0496. The number of nitro groups is 1. The van der Waals surface area contributed by atoms with Crippen LogP contribution in [0.3, 0.4) is 0 Å². The zero-order valence-electron chi connectivity index (χ0n) is 12.0. The molecule has 1 saturated carbocycles. The molecule has 1 saturated heterocycles. The number of nitrogens with zero attached hydrogens (tertiary/aromatic N) is 3.